The second-order valence-corrected chi connectivity index (χ2v) is 7.61. The summed E-state index contributed by atoms with van der Waals surface area (Å²) >= 11 is 0. The van der Waals surface area contributed by atoms with Crippen LogP contribution in [0.3, 0.4) is 0 Å². The summed E-state index contributed by atoms with van der Waals surface area (Å²) in [6, 6.07) is 9.29. The van der Waals surface area contributed by atoms with Gasteiger partial charge in [0.2, 0.25) is 5.75 Å². The van der Waals surface area contributed by atoms with Crippen LogP contribution in [0, 0.1) is 13.8 Å². The van der Waals surface area contributed by atoms with E-state index in [1.54, 1.807) is 18.3 Å². The molecule has 3 aromatic rings. The largest absolute Gasteiger partial charge is 0.493 e. The first kappa shape index (κ1) is 24.6. The molecule has 10 nitrogen and oxygen atoms in total. The molecule has 0 aliphatic heterocycles. The summed E-state index contributed by atoms with van der Waals surface area (Å²) in [6.07, 6.45) is 1.54. The minimum Gasteiger partial charge on any atom is -0.493 e. The standard InChI is InChI=1S/C24H29N5O5/c1-15-6-7-17(12-16(15)2)13-26-24(31)19-14-29(28-27-19)11-10-25-23(30)18-8-9-20(32-3)22(34-5)21(18)33-4/h6-9,12,14H,10-11,13H2,1-5H3,(H,25,30)(H,26,31). The van der Waals surface area contributed by atoms with Gasteiger partial charge in [-0.2, -0.15) is 0 Å². The van der Waals surface area contributed by atoms with Gasteiger partial charge in [-0.1, -0.05) is 23.4 Å². The molecule has 1 heterocycles. The van der Waals surface area contributed by atoms with Crippen LogP contribution < -0.4 is 24.8 Å². The monoisotopic (exact) mass is 467 g/mol. The average molecular weight is 468 g/mol. The number of hydrogen-bond donors (Lipinski definition) is 2. The SMILES string of the molecule is COc1ccc(C(=O)NCCn2cc(C(=O)NCc3ccc(C)c(C)c3)nn2)c(OC)c1OC. The number of methoxy groups -OCH3 is 3. The van der Waals surface area contributed by atoms with Gasteiger partial charge in [-0.15, -0.1) is 5.10 Å². The number of aromatic nitrogens is 3. The van der Waals surface area contributed by atoms with Crippen LogP contribution >= 0.6 is 0 Å². The molecule has 3 rings (SSSR count). The van der Waals surface area contributed by atoms with E-state index in [4.69, 9.17) is 14.2 Å². The van der Waals surface area contributed by atoms with E-state index < -0.39 is 0 Å². The van der Waals surface area contributed by atoms with Gasteiger partial charge < -0.3 is 24.8 Å². The van der Waals surface area contributed by atoms with E-state index in [0.29, 0.717) is 30.2 Å². The molecule has 1 aromatic heterocycles. The summed E-state index contributed by atoms with van der Waals surface area (Å²) in [7, 11) is 4.44. The highest BCUT2D eigenvalue weighted by molar-refractivity contribution is 5.98. The molecule has 2 amide bonds. The van der Waals surface area contributed by atoms with Crippen molar-refractivity contribution in [3.63, 3.8) is 0 Å². The maximum atomic E-state index is 12.7. The highest BCUT2D eigenvalue weighted by Crippen LogP contribution is 2.39. The van der Waals surface area contributed by atoms with Crippen molar-refractivity contribution in [3.8, 4) is 17.2 Å². The molecule has 0 saturated carbocycles. The van der Waals surface area contributed by atoms with E-state index in [-0.39, 0.29) is 29.8 Å². The Kier molecular flexibility index (Phi) is 8.07. The molecule has 2 N–H and O–H groups in total. The minimum absolute atomic E-state index is 0.205. The maximum Gasteiger partial charge on any atom is 0.273 e. The van der Waals surface area contributed by atoms with E-state index >= 15 is 0 Å². The molecule has 10 heteroatoms. The molecule has 2 aromatic carbocycles. The molecule has 0 saturated heterocycles. The van der Waals surface area contributed by atoms with Crippen LogP contribution in [0.1, 0.15) is 37.5 Å². The Balaban J connectivity index is 1.54. The first-order valence-corrected chi connectivity index (χ1v) is 10.7. The summed E-state index contributed by atoms with van der Waals surface area (Å²) in [5, 5.41) is 13.5. The van der Waals surface area contributed by atoms with Gasteiger partial charge in [0.1, 0.15) is 0 Å². The zero-order valence-corrected chi connectivity index (χ0v) is 20.0. The Bertz CT molecular complexity index is 1170. The lowest BCUT2D eigenvalue weighted by molar-refractivity contribution is 0.0938. The first-order chi connectivity index (χ1) is 16.4. The van der Waals surface area contributed by atoms with Gasteiger partial charge in [0.05, 0.1) is 39.6 Å². The molecule has 0 aliphatic carbocycles. The number of rotatable bonds is 10. The highest BCUT2D eigenvalue weighted by Gasteiger charge is 2.20. The Labute approximate surface area is 198 Å². The molecule has 0 atom stereocenters. The Morgan fingerprint density at radius 3 is 2.35 bits per heavy atom. The fourth-order valence-corrected chi connectivity index (χ4v) is 3.36. The van der Waals surface area contributed by atoms with Crippen molar-refractivity contribution < 1.29 is 23.8 Å². The van der Waals surface area contributed by atoms with Gasteiger partial charge in [-0.3, -0.25) is 9.59 Å². The van der Waals surface area contributed by atoms with Crippen LogP contribution in [0.5, 0.6) is 17.2 Å². The van der Waals surface area contributed by atoms with Crippen LogP contribution in [-0.2, 0) is 13.1 Å². The summed E-state index contributed by atoms with van der Waals surface area (Å²) in [5.74, 6) is 0.419. The van der Waals surface area contributed by atoms with Crippen LogP contribution in [0.4, 0.5) is 0 Å². The normalized spacial score (nSPS) is 10.5. The minimum atomic E-state index is -0.343. The van der Waals surface area contributed by atoms with E-state index in [1.807, 2.05) is 32.0 Å². The predicted octanol–water partition coefficient (Wildman–Crippen LogP) is 2.28. The van der Waals surface area contributed by atoms with E-state index in [0.717, 1.165) is 5.56 Å². The molecule has 0 unspecified atom stereocenters. The van der Waals surface area contributed by atoms with Gasteiger partial charge in [0, 0.05) is 13.1 Å². The number of ether oxygens (including phenoxy) is 3. The molecular weight excluding hydrogens is 438 g/mol. The topological polar surface area (TPSA) is 117 Å². The van der Waals surface area contributed by atoms with Gasteiger partial charge in [-0.05, 0) is 42.7 Å². The lowest BCUT2D eigenvalue weighted by Gasteiger charge is -2.15. The first-order valence-electron chi connectivity index (χ1n) is 10.7. The molecule has 0 bridgehead atoms. The number of nitrogens with one attached hydrogen (secondary N) is 2. The maximum absolute atomic E-state index is 12.7. The van der Waals surface area contributed by atoms with Crippen molar-refractivity contribution in [2.24, 2.45) is 0 Å². The van der Waals surface area contributed by atoms with Crippen LogP contribution in [0.25, 0.3) is 0 Å². The molecular formula is C24H29N5O5. The van der Waals surface area contributed by atoms with Gasteiger partial charge >= 0.3 is 0 Å². The Hall–Kier alpha value is -4.08. The quantitative estimate of drug-likeness (QED) is 0.470. The molecule has 180 valence electrons. The number of amides is 2. The predicted molar refractivity (Wildman–Crippen MR) is 126 cm³/mol. The van der Waals surface area contributed by atoms with Crippen molar-refractivity contribution in [2.45, 2.75) is 26.9 Å². The Morgan fingerprint density at radius 2 is 1.68 bits per heavy atom. The summed E-state index contributed by atoms with van der Waals surface area (Å²) < 4.78 is 17.4. The van der Waals surface area contributed by atoms with Crippen molar-refractivity contribution in [1.29, 1.82) is 0 Å². The summed E-state index contributed by atoms with van der Waals surface area (Å²) in [5.41, 5.74) is 3.90. The van der Waals surface area contributed by atoms with E-state index in [9.17, 15) is 9.59 Å². The van der Waals surface area contributed by atoms with Crippen molar-refractivity contribution in [3.05, 3.63) is 64.5 Å². The number of carbonyl (C=O) groups is 2. The van der Waals surface area contributed by atoms with E-state index in [1.165, 1.54) is 37.1 Å². The fraction of sp³-hybridized carbons (Fsp3) is 0.333. The lowest BCUT2D eigenvalue weighted by Crippen LogP contribution is -2.28. The average Bonchev–Trinajstić information content (AvgIpc) is 3.32. The Morgan fingerprint density at radius 1 is 0.912 bits per heavy atom. The van der Waals surface area contributed by atoms with Gasteiger partial charge in [0.15, 0.2) is 17.2 Å². The molecule has 0 fully saturated rings. The van der Waals surface area contributed by atoms with Crippen LogP contribution in [-0.4, -0.2) is 54.7 Å². The number of benzene rings is 2. The third kappa shape index (κ3) is 5.64. The number of aryl methyl sites for hydroxylation is 2. The smallest absolute Gasteiger partial charge is 0.273 e. The third-order valence-corrected chi connectivity index (χ3v) is 5.37. The van der Waals surface area contributed by atoms with Crippen molar-refractivity contribution in [1.82, 2.24) is 25.6 Å². The zero-order valence-electron chi connectivity index (χ0n) is 20.0. The molecule has 0 spiro atoms. The van der Waals surface area contributed by atoms with Crippen LogP contribution in [0.2, 0.25) is 0 Å². The second-order valence-electron chi connectivity index (χ2n) is 7.61. The third-order valence-electron chi connectivity index (χ3n) is 5.37. The number of hydrogen-bond acceptors (Lipinski definition) is 7. The number of carbonyl (C=O) groups excluding carboxylic acids is 2. The molecule has 34 heavy (non-hydrogen) atoms. The zero-order chi connectivity index (χ0) is 24.7. The van der Waals surface area contributed by atoms with Gasteiger partial charge in [-0.25, -0.2) is 4.68 Å². The van der Waals surface area contributed by atoms with E-state index in [2.05, 4.69) is 20.9 Å². The number of nitrogens with zero attached hydrogens (tertiary/aromatic N) is 3. The fourth-order valence-electron chi connectivity index (χ4n) is 3.36. The van der Waals surface area contributed by atoms with Crippen molar-refractivity contribution in [2.75, 3.05) is 27.9 Å². The summed E-state index contributed by atoms with van der Waals surface area (Å²) in [6.45, 7) is 5.08. The summed E-state index contributed by atoms with van der Waals surface area (Å²) in [4.78, 5) is 25.1. The molecule has 0 aliphatic rings. The van der Waals surface area contributed by atoms with Crippen molar-refractivity contribution >= 4 is 11.8 Å². The second kappa shape index (κ2) is 11.2. The lowest BCUT2D eigenvalue weighted by atomic mass is 10.1. The highest BCUT2D eigenvalue weighted by atomic mass is 16.5. The van der Waals surface area contributed by atoms with Crippen LogP contribution in [0.15, 0.2) is 36.5 Å². The van der Waals surface area contributed by atoms with Gasteiger partial charge in [0.25, 0.3) is 11.8 Å². The molecule has 0 radical (unpaired) electrons.